The summed E-state index contributed by atoms with van der Waals surface area (Å²) in [6.07, 6.45) is -8.92. The Labute approximate surface area is 134 Å². The van der Waals surface area contributed by atoms with Gasteiger partial charge in [0.2, 0.25) is 5.82 Å². The second-order valence-electron chi connectivity index (χ2n) is 4.57. The van der Waals surface area contributed by atoms with E-state index in [0.29, 0.717) is 12.1 Å². The molecule has 2 heterocycles. The van der Waals surface area contributed by atoms with Crippen molar-refractivity contribution in [2.45, 2.75) is 12.2 Å². The van der Waals surface area contributed by atoms with Crippen LogP contribution in [0.3, 0.4) is 0 Å². The number of H-pyrrole nitrogens is 1. The second-order valence-corrected chi connectivity index (χ2v) is 4.57. The van der Waals surface area contributed by atoms with Gasteiger partial charge in [0.15, 0.2) is 17.3 Å². The molecule has 25 heavy (non-hydrogen) atoms. The van der Waals surface area contributed by atoms with Crippen LogP contribution in [0.5, 0.6) is 11.5 Å². The van der Waals surface area contributed by atoms with E-state index in [1.807, 2.05) is 0 Å². The van der Waals surface area contributed by atoms with E-state index in [-0.39, 0.29) is 11.4 Å². The largest absolute Gasteiger partial charge is 0.507 e. The zero-order valence-corrected chi connectivity index (χ0v) is 11.7. The van der Waals surface area contributed by atoms with E-state index in [0.717, 1.165) is 6.20 Å². The molecule has 1 aliphatic heterocycles. The molecule has 1 aliphatic rings. The zero-order chi connectivity index (χ0) is 18.2. The maximum absolute atomic E-state index is 13.9. The van der Waals surface area contributed by atoms with Crippen LogP contribution in [0.25, 0.3) is 5.57 Å². The fourth-order valence-electron chi connectivity index (χ4n) is 1.77. The van der Waals surface area contributed by atoms with Gasteiger partial charge in [-0.3, -0.25) is 0 Å². The number of hydrogen-bond acceptors (Lipinski definition) is 7. The Morgan fingerprint density at radius 1 is 1.20 bits per heavy atom. The summed E-state index contributed by atoms with van der Waals surface area (Å²) in [7, 11) is 0. The Morgan fingerprint density at radius 2 is 1.84 bits per heavy atom. The molecule has 8 nitrogen and oxygen atoms in total. The van der Waals surface area contributed by atoms with Crippen LogP contribution in [-0.2, 0) is 0 Å². The lowest BCUT2D eigenvalue weighted by Gasteiger charge is -2.32. The first-order valence-electron chi connectivity index (χ1n) is 6.31. The Hall–Kier alpha value is -3.43. The van der Waals surface area contributed by atoms with Crippen LogP contribution < -0.4 is 14.8 Å². The van der Waals surface area contributed by atoms with Crippen molar-refractivity contribution in [3.05, 3.63) is 30.0 Å². The van der Waals surface area contributed by atoms with Gasteiger partial charge in [0.25, 0.3) is 0 Å². The van der Waals surface area contributed by atoms with Crippen LogP contribution in [0.2, 0.25) is 0 Å². The van der Waals surface area contributed by atoms with E-state index >= 15 is 0 Å². The lowest BCUT2D eigenvalue weighted by molar-refractivity contribution is -0.391. The highest BCUT2D eigenvalue weighted by Crippen LogP contribution is 2.48. The summed E-state index contributed by atoms with van der Waals surface area (Å²) in [5.41, 5.74) is -0.612. The molecule has 0 saturated heterocycles. The number of aromatic nitrogens is 4. The molecule has 1 aromatic heterocycles. The number of nitrogens with zero attached hydrogens (tertiary/aromatic N) is 4. The zero-order valence-electron chi connectivity index (χ0n) is 11.7. The van der Waals surface area contributed by atoms with Gasteiger partial charge in [0.05, 0.1) is 5.69 Å². The third kappa shape index (κ3) is 2.89. The van der Waals surface area contributed by atoms with Gasteiger partial charge in [-0.05, 0) is 5.21 Å². The van der Waals surface area contributed by atoms with Gasteiger partial charge in [-0.1, -0.05) is 0 Å². The van der Waals surface area contributed by atoms with Crippen LogP contribution in [0, 0.1) is 17.1 Å². The standard InChI is InChI=1S/C12H5F5N6O2/c13-6-1-8-9(25-12(16,17)11(14,15)24-8)2-7(6)19-4-5(3-18)10-20-22-23-21-10/h1-2,4,19H,(H,20,21,22,23). The van der Waals surface area contributed by atoms with Crippen molar-refractivity contribution in [3.63, 3.8) is 0 Å². The fraction of sp³-hybridized carbons (Fsp3) is 0.167. The first-order valence-corrected chi connectivity index (χ1v) is 6.31. The number of nitrogens with one attached hydrogen (secondary N) is 2. The number of alkyl halides is 4. The average molecular weight is 360 g/mol. The molecule has 2 N–H and O–H groups in total. The molecule has 0 bridgehead atoms. The van der Waals surface area contributed by atoms with Gasteiger partial charge < -0.3 is 14.8 Å². The molecule has 3 rings (SSSR count). The fourth-order valence-corrected chi connectivity index (χ4v) is 1.77. The van der Waals surface area contributed by atoms with Crippen molar-refractivity contribution < 1.29 is 31.4 Å². The third-order valence-corrected chi connectivity index (χ3v) is 2.93. The minimum atomic E-state index is -4.95. The SMILES string of the molecule is N#CC(=CNc1cc2c(cc1F)OC(F)(F)C(F)(F)O2)c1nn[nH]n1. The molecular formula is C12H5F5N6O2. The van der Waals surface area contributed by atoms with Crippen molar-refractivity contribution in [1.29, 1.82) is 5.26 Å². The predicted octanol–water partition coefficient (Wildman–Crippen LogP) is 2.27. The number of ether oxygens (including phenoxy) is 2. The van der Waals surface area contributed by atoms with Gasteiger partial charge in [-0.25, -0.2) is 4.39 Å². The Kier molecular flexibility index (Phi) is 3.67. The Balaban J connectivity index is 1.91. The number of allylic oxidation sites excluding steroid dienone is 1. The third-order valence-electron chi connectivity index (χ3n) is 2.93. The van der Waals surface area contributed by atoms with Crippen LogP contribution in [-0.4, -0.2) is 32.8 Å². The summed E-state index contributed by atoms with van der Waals surface area (Å²) >= 11 is 0. The van der Waals surface area contributed by atoms with E-state index in [4.69, 9.17) is 5.26 Å². The van der Waals surface area contributed by atoms with E-state index in [2.05, 4.69) is 35.4 Å². The second kappa shape index (κ2) is 5.58. The van der Waals surface area contributed by atoms with Crippen molar-refractivity contribution in [1.82, 2.24) is 20.6 Å². The number of nitriles is 1. The van der Waals surface area contributed by atoms with E-state index in [1.54, 1.807) is 6.07 Å². The van der Waals surface area contributed by atoms with Gasteiger partial charge in [-0.15, -0.1) is 10.2 Å². The molecule has 0 amide bonds. The number of rotatable bonds is 3. The van der Waals surface area contributed by atoms with E-state index in [9.17, 15) is 22.0 Å². The number of tetrazole rings is 1. The lowest BCUT2D eigenvalue weighted by atomic mass is 10.2. The molecule has 0 unspecified atom stereocenters. The summed E-state index contributed by atoms with van der Waals surface area (Å²) in [4.78, 5) is 0. The summed E-state index contributed by atoms with van der Waals surface area (Å²) < 4.78 is 74.0. The number of halogens is 5. The van der Waals surface area contributed by atoms with Crippen LogP contribution in [0.4, 0.5) is 27.6 Å². The topological polar surface area (TPSA) is 109 Å². The number of anilines is 1. The number of benzene rings is 1. The van der Waals surface area contributed by atoms with Crippen molar-refractivity contribution >= 4 is 11.3 Å². The summed E-state index contributed by atoms with van der Waals surface area (Å²) in [5.74, 6) is -2.95. The highest BCUT2D eigenvalue weighted by atomic mass is 19.3. The molecule has 0 spiro atoms. The lowest BCUT2D eigenvalue weighted by Crippen LogP contribution is -2.52. The summed E-state index contributed by atoms with van der Waals surface area (Å²) in [5, 5.41) is 23.6. The molecule has 2 aromatic rings. The molecule has 0 saturated carbocycles. The van der Waals surface area contributed by atoms with Crippen LogP contribution in [0.15, 0.2) is 18.3 Å². The van der Waals surface area contributed by atoms with Crippen molar-refractivity contribution in [3.8, 4) is 17.6 Å². The average Bonchev–Trinajstić information content (AvgIpc) is 3.04. The first-order chi connectivity index (χ1) is 11.7. The van der Waals surface area contributed by atoms with Gasteiger partial charge in [0, 0.05) is 18.3 Å². The highest BCUT2D eigenvalue weighted by Gasteiger charge is 2.66. The summed E-state index contributed by atoms with van der Waals surface area (Å²) in [6.45, 7) is 0. The predicted molar refractivity (Wildman–Crippen MR) is 68.9 cm³/mol. The van der Waals surface area contributed by atoms with Gasteiger partial charge >= 0.3 is 12.2 Å². The molecule has 130 valence electrons. The molecule has 0 atom stereocenters. The Bertz CT molecular complexity index is 877. The van der Waals surface area contributed by atoms with Crippen LogP contribution >= 0.6 is 0 Å². The maximum atomic E-state index is 13.9. The Morgan fingerprint density at radius 3 is 2.40 bits per heavy atom. The number of fused-ring (bicyclic) bond motifs is 1. The monoisotopic (exact) mass is 360 g/mol. The summed E-state index contributed by atoms with van der Waals surface area (Å²) in [6, 6.07) is 2.81. The van der Waals surface area contributed by atoms with Gasteiger partial charge in [-0.2, -0.15) is 28.0 Å². The van der Waals surface area contributed by atoms with E-state index < -0.39 is 35.2 Å². The minimum absolute atomic E-state index is 0.112. The quantitative estimate of drug-likeness (QED) is 0.638. The molecule has 1 aromatic carbocycles. The maximum Gasteiger partial charge on any atom is 0.507 e. The smallest absolute Gasteiger partial charge is 0.421 e. The van der Waals surface area contributed by atoms with Gasteiger partial charge in [0.1, 0.15) is 11.6 Å². The van der Waals surface area contributed by atoms with Crippen LogP contribution in [0.1, 0.15) is 5.82 Å². The molecule has 13 heteroatoms. The van der Waals surface area contributed by atoms with Crippen molar-refractivity contribution in [2.75, 3.05) is 5.32 Å². The number of aromatic amines is 1. The normalized spacial score (nSPS) is 17.7. The van der Waals surface area contributed by atoms with Crippen molar-refractivity contribution in [2.24, 2.45) is 0 Å². The molecule has 0 radical (unpaired) electrons. The molecule has 0 aliphatic carbocycles. The van der Waals surface area contributed by atoms with E-state index in [1.165, 1.54) is 0 Å². The minimum Gasteiger partial charge on any atom is -0.421 e. The highest BCUT2D eigenvalue weighted by molar-refractivity contribution is 5.74. The molecular weight excluding hydrogens is 355 g/mol. The molecule has 0 fully saturated rings. The number of hydrogen-bond donors (Lipinski definition) is 2. The first kappa shape index (κ1) is 16.4.